The third kappa shape index (κ3) is 4.03. The summed E-state index contributed by atoms with van der Waals surface area (Å²) in [6.45, 7) is 3.35. The summed E-state index contributed by atoms with van der Waals surface area (Å²) in [4.78, 5) is 0. The molecule has 1 nitrogen and oxygen atoms in total. The fourth-order valence-electron chi connectivity index (χ4n) is 3.17. The van der Waals surface area contributed by atoms with Gasteiger partial charge in [-0.15, -0.1) is 0 Å². The lowest BCUT2D eigenvalue weighted by Crippen LogP contribution is -2.46. The summed E-state index contributed by atoms with van der Waals surface area (Å²) < 4.78 is 14.1. The highest BCUT2D eigenvalue weighted by atomic mass is 79.9. The van der Waals surface area contributed by atoms with E-state index < -0.39 is 0 Å². The van der Waals surface area contributed by atoms with Crippen LogP contribution in [-0.2, 0) is 6.42 Å². The first kappa shape index (κ1) is 15.0. The Morgan fingerprint density at radius 3 is 2.89 bits per heavy atom. The Balaban J connectivity index is 2.19. The minimum absolute atomic E-state index is 0.172. The summed E-state index contributed by atoms with van der Waals surface area (Å²) >= 11 is 3.50. The Morgan fingerprint density at radius 2 is 2.16 bits per heavy atom. The molecular weight excluding hydrogens is 305 g/mol. The molecule has 1 unspecified atom stereocenters. The number of halogens is 2. The van der Waals surface area contributed by atoms with Crippen molar-refractivity contribution in [2.45, 2.75) is 57.4 Å². The second-order valence-electron chi connectivity index (χ2n) is 5.68. The molecule has 0 amide bonds. The largest absolute Gasteiger partial charge is 0.311 e. The summed E-state index contributed by atoms with van der Waals surface area (Å²) in [7, 11) is 0. The van der Waals surface area contributed by atoms with Crippen LogP contribution in [-0.4, -0.2) is 12.1 Å². The lowest BCUT2D eigenvalue weighted by Gasteiger charge is -2.34. The van der Waals surface area contributed by atoms with E-state index in [2.05, 4.69) is 28.2 Å². The summed E-state index contributed by atoms with van der Waals surface area (Å²) in [5.41, 5.74) is 1.41. The molecule has 0 saturated carbocycles. The molecule has 0 aromatic heterocycles. The second kappa shape index (κ2) is 6.85. The lowest BCUT2D eigenvalue weighted by atomic mass is 9.83. The van der Waals surface area contributed by atoms with Gasteiger partial charge in [0.05, 0.1) is 0 Å². The van der Waals surface area contributed by atoms with Crippen LogP contribution in [0.15, 0.2) is 22.7 Å². The molecule has 0 bridgehead atoms. The summed E-state index contributed by atoms with van der Waals surface area (Å²) in [5, 5.41) is 3.77. The number of hydrogen-bond donors (Lipinski definition) is 1. The summed E-state index contributed by atoms with van der Waals surface area (Å²) in [5.74, 6) is -0.172. The van der Waals surface area contributed by atoms with Crippen LogP contribution in [0, 0.1) is 5.82 Å². The molecule has 1 N–H and O–H groups in total. The van der Waals surface area contributed by atoms with Crippen LogP contribution in [0.3, 0.4) is 0 Å². The van der Waals surface area contributed by atoms with Gasteiger partial charge in [-0.25, -0.2) is 4.39 Å². The molecule has 1 aromatic rings. The van der Waals surface area contributed by atoms with E-state index in [-0.39, 0.29) is 11.4 Å². The van der Waals surface area contributed by atoms with E-state index in [4.69, 9.17) is 0 Å². The van der Waals surface area contributed by atoms with Gasteiger partial charge in [0.1, 0.15) is 5.82 Å². The van der Waals surface area contributed by atoms with Crippen LogP contribution in [0.25, 0.3) is 0 Å². The van der Waals surface area contributed by atoms with E-state index in [1.165, 1.54) is 44.1 Å². The lowest BCUT2D eigenvalue weighted by molar-refractivity contribution is 0.288. The Kier molecular flexibility index (Phi) is 5.40. The van der Waals surface area contributed by atoms with Gasteiger partial charge in [-0.3, -0.25) is 0 Å². The highest BCUT2D eigenvalue weighted by Gasteiger charge is 2.30. The van der Waals surface area contributed by atoms with E-state index in [0.29, 0.717) is 0 Å². The Bertz CT molecular complexity index is 411. The van der Waals surface area contributed by atoms with Crippen molar-refractivity contribution in [1.82, 2.24) is 5.32 Å². The zero-order chi connectivity index (χ0) is 13.7. The molecule has 2 rings (SSSR count). The first-order chi connectivity index (χ1) is 9.15. The van der Waals surface area contributed by atoms with Crippen LogP contribution in [0.4, 0.5) is 4.39 Å². The van der Waals surface area contributed by atoms with Gasteiger partial charge >= 0.3 is 0 Å². The number of nitrogens with one attached hydrogen (secondary N) is 1. The van der Waals surface area contributed by atoms with Gasteiger partial charge in [0.25, 0.3) is 0 Å². The van der Waals surface area contributed by atoms with Crippen molar-refractivity contribution in [1.29, 1.82) is 0 Å². The normalized spacial score (nSPS) is 24.2. The molecule has 3 heteroatoms. The maximum Gasteiger partial charge on any atom is 0.124 e. The van der Waals surface area contributed by atoms with Crippen LogP contribution in [0.1, 0.15) is 51.0 Å². The average Bonchev–Trinajstić information content (AvgIpc) is 2.59. The Morgan fingerprint density at radius 1 is 1.32 bits per heavy atom. The predicted octanol–water partition coefficient (Wildman–Crippen LogP) is 4.83. The monoisotopic (exact) mass is 327 g/mol. The standard InChI is InChI=1S/C16H23BrFN/c1-2-8-16(9-4-3-5-10-19-16)12-13-6-7-14(18)11-15(13)17/h6-7,11,19H,2-5,8-10,12H2,1H3. The zero-order valence-corrected chi connectivity index (χ0v) is 13.2. The van der Waals surface area contributed by atoms with Crippen molar-refractivity contribution in [3.05, 3.63) is 34.1 Å². The van der Waals surface area contributed by atoms with Crippen LogP contribution in [0.5, 0.6) is 0 Å². The smallest absolute Gasteiger partial charge is 0.124 e. The molecule has 1 saturated heterocycles. The molecule has 1 aliphatic heterocycles. The SMILES string of the molecule is CCCC1(Cc2ccc(F)cc2Br)CCCCCN1. The van der Waals surface area contributed by atoms with E-state index in [1.54, 1.807) is 12.1 Å². The molecule has 19 heavy (non-hydrogen) atoms. The topological polar surface area (TPSA) is 12.0 Å². The summed E-state index contributed by atoms with van der Waals surface area (Å²) in [6.07, 6.45) is 8.49. The predicted molar refractivity (Wildman–Crippen MR) is 81.9 cm³/mol. The quantitative estimate of drug-likeness (QED) is 0.834. The van der Waals surface area contributed by atoms with Gasteiger partial charge in [0.15, 0.2) is 0 Å². The molecule has 106 valence electrons. The Labute approximate surface area is 124 Å². The number of hydrogen-bond acceptors (Lipinski definition) is 1. The third-order valence-corrected chi connectivity index (χ3v) is 4.84. The fraction of sp³-hybridized carbons (Fsp3) is 0.625. The van der Waals surface area contributed by atoms with E-state index in [0.717, 1.165) is 17.4 Å². The van der Waals surface area contributed by atoms with Crippen molar-refractivity contribution in [3.63, 3.8) is 0 Å². The van der Waals surface area contributed by atoms with Gasteiger partial charge in [-0.2, -0.15) is 0 Å². The second-order valence-corrected chi connectivity index (χ2v) is 6.53. The average molecular weight is 328 g/mol. The van der Waals surface area contributed by atoms with Crippen LogP contribution < -0.4 is 5.32 Å². The van der Waals surface area contributed by atoms with Gasteiger partial charge in [0, 0.05) is 10.0 Å². The molecule has 1 fully saturated rings. The van der Waals surface area contributed by atoms with Crippen molar-refractivity contribution in [2.75, 3.05) is 6.54 Å². The zero-order valence-electron chi connectivity index (χ0n) is 11.6. The molecule has 1 atom stereocenters. The first-order valence-electron chi connectivity index (χ1n) is 7.34. The fourth-order valence-corrected chi connectivity index (χ4v) is 3.66. The highest BCUT2D eigenvalue weighted by molar-refractivity contribution is 9.10. The van der Waals surface area contributed by atoms with Crippen LogP contribution in [0.2, 0.25) is 0 Å². The maximum atomic E-state index is 13.2. The van der Waals surface area contributed by atoms with Crippen molar-refractivity contribution >= 4 is 15.9 Å². The summed E-state index contributed by atoms with van der Waals surface area (Å²) in [6, 6.07) is 5.06. The van der Waals surface area contributed by atoms with Gasteiger partial charge in [-0.05, 0) is 49.9 Å². The molecular formula is C16H23BrFN. The molecule has 0 radical (unpaired) electrons. The molecule has 0 spiro atoms. The van der Waals surface area contributed by atoms with E-state index in [9.17, 15) is 4.39 Å². The van der Waals surface area contributed by atoms with E-state index in [1.807, 2.05) is 6.07 Å². The number of rotatable bonds is 4. The van der Waals surface area contributed by atoms with E-state index >= 15 is 0 Å². The molecule has 1 heterocycles. The minimum Gasteiger partial charge on any atom is -0.311 e. The molecule has 0 aliphatic carbocycles. The Hall–Kier alpha value is -0.410. The first-order valence-corrected chi connectivity index (χ1v) is 8.13. The molecule has 1 aliphatic rings. The number of benzene rings is 1. The molecule has 1 aromatic carbocycles. The minimum atomic E-state index is -0.172. The highest BCUT2D eigenvalue weighted by Crippen LogP contribution is 2.31. The van der Waals surface area contributed by atoms with Crippen molar-refractivity contribution < 1.29 is 4.39 Å². The maximum absolute atomic E-state index is 13.2. The van der Waals surface area contributed by atoms with Crippen LogP contribution >= 0.6 is 15.9 Å². The van der Waals surface area contributed by atoms with Crippen molar-refractivity contribution in [2.24, 2.45) is 0 Å². The third-order valence-electron chi connectivity index (χ3n) is 4.10. The van der Waals surface area contributed by atoms with Gasteiger partial charge in [0.2, 0.25) is 0 Å². The van der Waals surface area contributed by atoms with Gasteiger partial charge < -0.3 is 5.32 Å². The van der Waals surface area contributed by atoms with Crippen molar-refractivity contribution in [3.8, 4) is 0 Å². The van der Waals surface area contributed by atoms with Gasteiger partial charge in [-0.1, -0.05) is 48.2 Å².